The Labute approximate surface area is 147 Å². The molecule has 0 amide bonds. The van der Waals surface area contributed by atoms with Gasteiger partial charge in [0.25, 0.3) is 0 Å². The van der Waals surface area contributed by atoms with Gasteiger partial charge in [0.2, 0.25) is 20.0 Å². The van der Waals surface area contributed by atoms with Gasteiger partial charge in [-0.2, -0.15) is 4.31 Å². The van der Waals surface area contributed by atoms with Crippen molar-refractivity contribution >= 4 is 31.4 Å². The maximum atomic E-state index is 12.4. The lowest BCUT2D eigenvalue weighted by atomic mass is 10.2. The van der Waals surface area contributed by atoms with E-state index in [4.69, 9.17) is 0 Å². The highest BCUT2D eigenvalue weighted by atomic mass is 32.2. The Morgan fingerprint density at radius 3 is 2.12 bits per heavy atom. The van der Waals surface area contributed by atoms with Crippen LogP contribution in [0, 0.1) is 0 Å². The fourth-order valence-electron chi connectivity index (χ4n) is 2.16. The van der Waals surface area contributed by atoms with Crippen LogP contribution in [0.25, 0.3) is 0 Å². The highest BCUT2D eigenvalue weighted by Gasteiger charge is 2.21. The molecule has 0 radical (unpaired) electrons. The van der Waals surface area contributed by atoms with E-state index in [0.29, 0.717) is 18.7 Å². The molecule has 2 rings (SSSR count). The zero-order valence-corrected chi connectivity index (χ0v) is 15.9. The Morgan fingerprint density at radius 2 is 1.62 bits per heavy atom. The molecule has 1 aromatic heterocycles. The van der Waals surface area contributed by atoms with Crippen molar-refractivity contribution in [1.29, 1.82) is 0 Å². The standard InChI is InChI=1S/C15H20N2O4S3/c1-3-17(4-2)24(20,21)14-9-7-13(8-10-14)12-16-23(18,19)15-6-5-11-22-15/h5-11,16H,3-4,12H2,1-2H3. The Balaban J connectivity index is 2.10. The average molecular weight is 389 g/mol. The average Bonchev–Trinajstić information content (AvgIpc) is 3.10. The molecule has 1 heterocycles. The lowest BCUT2D eigenvalue weighted by Crippen LogP contribution is -2.30. The van der Waals surface area contributed by atoms with Crippen LogP contribution >= 0.6 is 11.3 Å². The first-order valence-corrected chi connectivity index (χ1v) is 11.2. The van der Waals surface area contributed by atoms with E-state index in [-0.39, 0.29) is 15.6 Å². The fourth-order valence-corrected chi connectivity index (χ4v) is 5.67. The largest absolute Gasteiger partial charge is 0.250 e. The second kappa shape index (κ2) is 7.75. The third-order valence-electron chi connectivity index (χ3n) is 3.49. The van der Waals surface area contributed by atoms with Gasteiger partial charge >= 0.3 is 0 Å². The van der Waals surface area contributed by atoms with Gasteiger partial charge in [0.05, 0.1) is 4.90 Å². The molecule has 0 unspecified atom stereocenters. The number of sulfonamides is 2. The smallest absolute Gasteiger partial charge is 0.207 e. The summed E-state index contributed by atoms with van der Waals surface area (Å²) in [7, 11) is -7.03. The summed E-state index contributed by atoms with van der Waals surface area (Å²) in [5.41, 5.74) is 0.689. The number of hydrogen-bond acceptors (Lipinski definition) is 5. The van der Waals surface area contributed by atoms with E-state index in [1.807, 2.05) is 0 Å². The molecule has 0 fully saturated rings. The molecule has 2 aromatic rings. The number of hydrogen-bond donors (Lipinski definition) is 1. The second-order valence-electron chi connectivity index (χ2n) is 4.99. The van der Waals surface area contributed by atoms with Crippen molar-refractivity contribution in [2.75, 3.05) is 13.1 Å². The molecule has 132 valence electrons. The van der Waals surface area contributed by atoms with Crippen molar-refractivity contribution in [1.82, 2.24) is 9.03 Å². The molecule has 0 aliphatic rings. The summed E-state index contributed by atoms with van der Waals surface area (Å²) < 4.78 is 53.0. The molecule has 24 heavy (non-hydrogen) atoms. The number of benzene rings is 1. The zero-order valence-electron chi connectivity index (χ0n) is 13.5. The van der Waals surface area contributed by atoms with Crippen LogP contribution in [0.1, 0.15) is 19.4 Å². The minimum atomic E-state index is -3.53. The van der Waals surface area contributed by atoms with Crippen molar-refractivity contribution in [3.63, 3.8) is 0 Å². The number of nitrogens with zero attached hydrogens (tertiary/aromatic N) is 1. The summed E-state index contributed by atoms with van der Waals surface area (Å²) in [4.78, 5) is 0.205. The summed E-state index contributed by atoms with van der Waals surface area (Å²) in [6.07, 6.45) is 0. The van der Waals surface area contributed by atoms with Crippen LogP contribution in [0.2, 0.25) is 0 Å². The van der Waals surface area contributed by atoms with Crippen molar-refractivity contribution in [2.45, 2.75) is 29.5 Å². The monoisotopic (exact) mass is 388 g/mol. The van der Waals surface area contributed by atoms with E-state index in [2.05, 4.69) is 4.72 Å². The Bertz CT molecular complexity index is 854. The minimum absolute atomic E-state index is 0.103. The van der Waals surface area contributed by atoms with Gasteiger partial charge in [0, 0.05) is 19.6 Å². The summed E-state index contributed by atoms with van der Waals surface area (Å²) >= 11 is 1.14. The van der Waals surface area contributed by atoms with Crippen LogP contribution in [0.15, 0.2) is 50.9 Å². The molecular weight excluding hydrogens is 368 g/mol. The molecule has 0 aliphatic heterocycles. The highest BCUT2D eigenvalue weighted by Crippen LogP contribution is 2.18. The van der Waals surface area contributed by atoms with Crippen LogP contribution in [0.5, 0.6) is 0 Å². The van der Waals surface area contributed by atoms with Crippen LogP contribution in [0.4, 0.5) is 0 Å². The summed E-state index contributed by atoms with van der Waals surface area (Å²) in [6, 6.07) is 9.45. The van der Waals surface area contributed by atoms with E-state index >= 15 is 0 Å². The van der Waals surface area contributed by atoms with Gasteiger partial charge in [-0.25, -0.2) is 21.6 Å². The molecule has 0 bridgehead atoms. The topological polar surface area (TPSA) is 83.6 Å². The number of thiophene rings is 1. The van der Waals surface area contributed by atoms with Crippen molar-refractivity contribution in [2.24, 2.45) is 0 Å². The first kappa shape index (κ1) is 19.1. The molecule has 9 heteroatoms. The fraction of sp³-hybridized carbons (Fsp3) is 0.333. The second-order valence-corrected chi connectivity index (χ2v) is 9.87. The van der Waals surface area contributed by atoms with E-state index in [1.165, 1.54) is 22.5 Å². The summed E-state index contributed by atoms with van der Waals surface area (Å²) in [5, 5.41) is 1.70. The molecule has 0 atom stereocenters. The van der Waals surface area contributed by atoms with Crippen LogP contribution < -0.4 is 4.72 Å². The van der Waals surface area contributed by atoms with Gasteiger partial charge in [-0.05, 0) is 29.1 Å². The zero-order chi connectivity index (χ0) is 17.8. The van der Waals surface area contributed by atoms with E-state index in [0.717, 1.165) is 11.3 Å². The van der Waals surface area contributed by atoms with Gasteiger partial charge in [0.15, 0.2) is 0 Å². The molecule has 1 N–H and O–H groups in total. The van der Waals surface area contributed by atoms with E-state index < -0.39 is 20.0 Å². The Morgan fingerprint density at radius 1 is 1.00 bits per heavy atom. The van der Waals surface area contributed by atoms with Gasteiger partial charge in [-0.3, -0.25) is 0 Å². The van der Waals surface area contributed by atoms with E-state index in [9.17, 15) is 16.8 Å². The first-order valence-electron chi connectivity index (χ1n) is 7.43. The summed E-state index contributed by atoms with van der Waals surface area (Å²) in [5.74, 6) is 0. The molecule has 1 aromatic carbocycles. The van der Waals surface area contributed by atoms with Gasteiger partial charge < -0.3 is 0 Å². The normalized spacial score (nSPS) is 12.6. The van der Waals surface area contributed by atoms with Gasteiger partial charge in [-0.1, -0.05) is 32.0 Å². The van der Waals surface area contributed by atoms with Crippen LogP contribution in [0.3, 0.4) is 0 Å². The number of nitrogens with one attached hydrogen (secondary N) is 1. The maximum Gasteiger partial charge on any atom is 0.250 e. The predicted molar refractivity (Wildman–Crippen MR) is 94.9 cm³/mol. The lowest BCUT2D eigenvalue weighted by molar-refractivity contribution is 0.445. The quantitative estimate of drug-likeness (QED) is 0.752. The van der Waals surface area contributed by atoms with Crippen molar-refractivity contribution in [3.05, 3.63) is 47.3 Å². The highest BCUT2D eigenvalue weighted by molar-refractivity contribution is 7.91. The van der Waals surface area contributed by atoms with Crippen LogP contribution in [-0.4, -0.2) is 34.2 Å². The minimum Gasteiger partial charge on any atom is -0.207 e. The summed E-state index contributed by atoms with van der Waals surface area (Å²) in [6.45, 7) is 4.48. The van der Waals surface area contributed by atoms with Crippen LogP contribution in [-0.2, 0) is 26.6 Å². The lowest BCUT2D eigenvalue weighted by Gasteiger charge is -2.18. The first-order chi connectivity index (χ1) is 11.3. The SMILES string of the molecule is CCN(CC)S(=O)(=O)c1ccc(CNS(=O)(=O)c2cccs2)cc1. The Hall–Kier alpha value is -1.26. The van der Waals surface area contributed by atoms with Gasteiger partial charge in [-0.15, -0.1) is 11.3 Å². The van der Waals surface area contributed by atoms with Crippen molar-refractivity contribution < 1.29 is 16.8 Å². The molecule has 0 spiro atoms. The maximum absolute atomic E-state index is 12.4. The predicted octanol–water partition coefficient (Wildman–Crippen LogP) is 2.26. The molecule has 6 nitrogen and oxygen atoms in total. The third-order valence-corrected chi connectivity index (χ3v) is 8.36. The Kier molecular flexibility index (Phi) is 6.16. The molecule has 0 saturated heterocycles. The van der Waals surface area contributed by atoms with Crippen molar-refractivity contribution in [3.8, 4) is 0 Å². The van der Waals surface area contributed by atoms with E-state index in [1.54, 1.807) is 37.4 Å². The third kappa shape index (κ3) is 4.22. The van der Waals surface area contributed by atoms with Gasteiger partial charge in [0.1, 0.15) is 4.21 Å². The molecule has 0 aliphatic carbocycles. The molecule has 0 saturated carbocycles. The molecular formula is C15H20N2O4S3. The number of rotatable bonds is 8.